The Labute approximate surface area is 139 Å². The monoisotopic (exact) mass is 329 g/mol. The van der Waals surface area contributed by atoms with Crippen molar-refractivity contribution >= 4 is 34.2 Å². The summed E-state index contributed by atoms with van der Waals surface area (Å²) in [5.41, 5.74) is 1.31. The lowest BCUT2D eigenvalue weighted by molar-refractivity contribution is 0.0998. The van der Waals surface area contributed by atoms with Crippen molar-refractivity contribution in [3.05, 3.63) is 59.3 Å². The molecule has 1 N–H and O–H groups in total. The molecule has 4 nitrogen and oxygen atoms in total. The summed E-state index contributed by atoms with van der Waals surface area (Å²) in [6.07, 6.45) is 0.953. The summed E-state index contributed by atoms with van der Waals surface area (Å²) in [6, 6.07) is 14.1. The van der Waals surface area contributed by atoms with Crippen molar-refractivity contribution in [2.45, 2.75) is 13.3 Å². The first kappa shape index (κ1) is 15.4. The number of fused-ring (bicyclic) bond motifs is 1. The molecule has 0 unspecified atom stereocenters. The van der Waals surface area contributed by atoms with Crippen molar-refractivity contribution in [1.82, 2.24) is 0 Å². The lowest BCUT2D eigenvalue weighted by atomic mass is 10.2. The highest BCUT2D eigenvalue weighted by Crippen LogP contribution is 2.24. The standard InChI is InChI=1S/C18H16ClNO3/c1-2-9-22-15-6-4-14(5-7-15)20-18(21)17-11-12-10-13(19)3-8-16(12)23-17/h3-8,10-11H,2,9H2,1H3,(H,20,21). The van der Waals surface area contributed by atoms with Gasteiger partial charge < -0.3 is 14.5 Å². The van der Waals surface area contributed by atoms with Crippen LogP contribution in [0.15, 0.2) is 52.9 Å². The zero-order valence-corrected chi connectivity index (χ0v) is 13.4. The third kappa shape index (κ3) is 3.66. The first-order chi connectivity index (χ1) is 11.2. The molecule has 118 valence electrons. The fourth-order valence-electron chi connectivity index (χ4n) is 2.17. The third-order valence-corrected chi connectivity index (χ3v) is 3.52. The van der Waals surface area contributed by atoms with Gasteiger partial charge in [0.15, 0.2) is 5.76 Å². The Morgan fingerprint density at radius 1 is 1.17 bits per heavy atom. The van der Waals surface area contributed by atoms with Crippen molar-refractivity contribution in [2.75, 3.05) is 11.9 Å². The van der Waals surface area contributed by atoms with E-state index in [1.165, 1.54) is 0 Å². The molecule has 0 saturated heterocycles. The summed E-state index contributed by atoms with van der Waals surface area (Å²) in [5.74, 6) is 0.719. The van der Waals surface area contributed by atoms with Gasteiger partial charge >= 0.3 is 0 Å². The minimum atomic E-state index is -0.306. The van der Waals surface area contributed by atoms with E-state index in [2.05, 4.69) is 12.2 Å². The quantitative estimate of drug-likeness (QED) is 0.706. The van der Waals surface area contributed by atoms with E-state index >= 15 is 0 Å². The molecule has 1 aromatic heterocycles. The number of furan rings is 1. The maximum absolute atomic E-state index is 12.3. The van der Waals surface area contributed by atoms with Crippen LogP contribution in [-0.4, -0.2) is 12.5 Å². The van der Waals surface area contributed by atoms with Crippen LogP contribution in [0.5, 0.6) is 5.75 Å². The van der Waals surface area contributed by atoms with Crippen molar-refractivity contribution in [3.63, 3.8) is 0 Å². The van der Waals surface area contributed by atoms with E-state index in [1.54, 1.807) is 36.4 Å². The largest absolute Gasteiger partial charge is 0.494 e. The highest BCUT2D eigenvalue weighted by molar-refractivity contribution is 6.31. The predicted molar refractivity (Wildman–Crippen MR) is 91.4 cm³/mol. The van der Waals surface area contributed by atoms with Crippen LogP contribution in [0.25, 0.3) is 11.0 Å². The zero-order chi connectivity index (χ0) is 16.2. The van der Waals surface area contributed by atoms with Crippen molar-refractivity contribution in [2.24, 2.45) is 0 Å². The lowest BCUT2D eigenvalue weighted by Crippen LogP contribution is -2.10. The van der Waals surface area contributed by atoms with Gasteiger partial charge in [-0.3, -0.25) is 4.79 Å². The number of ether oxygens (including phenoxy) is 1. The van der Waals surface area contributed by atoms with E-state index in [1.807, 2.05) is 12.1 Å². The van der Waals surface area contributed by atoms with E-state index in [-0.39, 0.29) is 11.7 Å². The average Bonchev–Trinajstić information content (AvgIpc) is 2.97. The maximum atomic E-state index is 12.3. The molecule has 3 aromatic rings. The van der Waals surface area contributed by atoms with Gasteiger partial charge in [-0.05, 0) is 55.0 Å². The molecule has 0 radical (unpaired) electrons. The van der Waals surface area contributed by atoms with Crippen molar-refractivity contribution in [1.29, 1.82) is 0 Å². The number of benzene rings is 2. The highest BCUT2D eigenvalue weighted by atomic mass is 35.5. The highest BCUT2D eigenvalue weighted by Gasteiger charge is 2.12. The van der Waals surface area contributed by atoms with Crippen LogP contribution in [0.3, 0.4) is 0 Å². The van der Waals surface area contributed by atoms with Gasteiger partial charge in [0.1, 0.15) is 11.3 Å². The van der Waals surface area contributed by atoms with E-state index in [9.17, 15) is 4.79 Å². The molecular formula is C18H16ClNO3. The molecule has 0 aliphatic rings. The van der Waals surface area contributed by atoms with Gasteiger partial charge in [0, 0.05) is 16.1 Å². The van der Waals surface area contributed by atoms with Gasteiger partial charge in [0.25, 0.3) is 5.91 Å². The molecular weight excluding hydrogens is 314 g/mol. The van der Waals surface area contributed by atoms with Crippen LogP contribution in [0, 0.1) is 0 Å². The number of halogens is 1. The summed E-state index contributed by atoms with van der Waals surface area (Å²) in [4.78, 5) is 12.3. The number of carbonyl (C=O) groups is 1. The fraction of sp³-hybridized carbons (Fsp3) is 0.167. The molecule has 1 amide bonds. The van der Waals surface area contributed by atoms with Crippen LogP contribution in [-0.2, 0) is 0 Å². The Hall–Kier alpha value is -2.46. The second kappa shape index (κ2) is 6.75. The van der Waals surface area contributed by atoms with E-state index in [0.717, 1.165) is 17.6 Å². The molecule has 0 fully saturated rings. The molecule has 0 aliphatic carbocycles. The fourth-order valence-corrected chi connectivity index (χ4v) is 2.35. The first-order valence-corrected chi connectivity index (χ1v) is 7.77. The van der Waals surface area contributed by atoms with Crippen LogP contribution in [0.2, 0.25) is 5.02 Å². The van der Waals surface area contributed by atoms with E-state index in [0.29, 0.717) is 22.9 Å². The Bertz CT molecular complexity index is 824. The Balaban J connectivity index is 1.72. The van der Waals surface area contributed by atoms with Gasteiger partial charge in [-0.1, -0.05) is 18.5 Å². The summed E-state index contributed by atoms with van der Waals surface area (Å²) >= 11 is 5.93. The smallest absolute Gasteiger partial charge is 0.291 e. The van der Waals surface area contributed by atoms with Gasteiger partial charge in [-0.25, -0.2) is 0 Å². The summed E-state index contributed by atoms with van der Waals surface area (Å²) in [6.45, 7) is 2.72. The number of anilines is 1. The molecule has 1 heterocycles. The van der Waals surface area contributed by atoms with Gasteiger partial charge in [-0.2, -0.15) is 0 Å². The van der Waals surface area contributed by atoms with Gasteiger partial charge in [0.05, 0.1) is 6.61 Å². The molecule has 0 bridgehead atoms. The first-order valence-electron chi connectivity index (χ1n) is 7.39. The van der Waals surface area contributed by atoms with Crippen LogP contribution in [0.4, 0.5) is 5.69 Å². The Morgan fingerprint density at radius 2 is 1.96 bits per heavy atom. The number of nitrogens with one attached hydrogen (secondary N) is 1. The molecule has 0 aliphatic heterocycles. The second-order valence-corrected chi connectivity index (χ2v) is 5.56. The van der Waals surface area contributed by atoms with Crippen molar-refractivity contribution in [3.8, 4) is 5.75 Å². The number of carbonyl (C=O) groups excluding carboxylic acids is 1. The molecule has 0 saturated carbocycles. The van der Waals surface area contributed by atoms with Gasteiger partial charge in [0.2, 0.25) is 0 Å². The summed E-state index contributed by atoms with van der Waals surface area (Å²) < 4.78 is 11.0. The third-order valence-electron chi connectivity index (χ3n) is 3.29. The van der Waals surface area contributed by atoms with Crippen molar-refractivity contribution < 1.29 is 13.9 Å². The van der Waals surface area contributed by atoms with Crippen LogP contribution >= 0.6 is 11.6 Å². The van der Waals surface area contributed by atoms with E-state index in [4.69, 9.17) is 20.8 Å². The van der Waals surface area contributed by atoms with Crippen LogP contribution < -0.4 is 10.1 Å². The topological polar surface area (TPSA) is 51.5 Å². The molecule has 3 rings (SSSR count). The minimum Gasteiger partial charge on any atom is -0.494 e. The molecule has 23 heavy (non-hydrogen) atoms. The normalized spacial score (nSPS) is 10.7. The summed E-state index contributed by atoms with van der Waals surface area (Å²) in [7, 11) is 0. The Kier molecular flexibility index (Phi) is 4.53. The summed E-state index contributed by atoms with van der Waals surface area (Å²) in [5, 5.41) is 4.20. The van der Waals surface area contributed by atoms with E-state index < -0.39 is 0 Å². The number of rotatable bonds is 5. The zero-order valence-electron chi connectivity index (χ0n) is 12.6. The number of hydrogen-bond acceptors (Lipinski definition) is 3. The lowest BCUT2D eigenvalue weighted by Gasteiger charge is -2.06. The van der Waals surface area contributed by atoms with Crippen LogP contribution in [0.1, 0.15) is 23.9 Å². The maximum Gasteiger partial charge on any atom is 0.291 e. The number of amides is 1. The molecule has 0 atom stereocenters. The Morgan fingerprint density at radius 3 is 2.70 bits per heavy atom. The SMILES string of the molecule is CCCOc1ccc(NC(=O)c2cc3cc(Cl)ccc3o2)cc1. The number of hydrogen-bond donors (Lipinski definition) is 1. The predicted octanol–water partition coefficient (Wildman–Crippen LogP) is 5.13. The van der Waals surface area contributed by atoms with Gasteiger partial charge in [-0.15, -0.1) is 0 Å². The molecule has 0 spiro atoms. The second-order valence-electron chi connectivity index (χ2n) is 5.12. The molecule has 5 heteroatoms. The molecule has 2 aromatic carbocycles. The minimum absolute atomic E-state index is 0.244. The average molecular weight is 330 g/mol.